The van der Waals surface area contributed by atoms with Crippen molar-refractivity contribution >= 4 is 23.4 Å². The minimum atomic E-state index is -0.621. The second-order valence-electron chi connectivity index (χ2n) is 10.6. The van der Waals surface area contributed by atoms with E-state index in [2.05, 4.69) is 34.4 Å². The third-order valence-corrected chi connectivity index (χ3v) is 8.86. The fourth-order valence-corrected chi connectivity index (χ4v) is 6.55. The van der Waals surface area contributed by atoms with Crippen molar-refractivity contribution < 1.29 is 14.7 Å². The molecule has 0 radical (unpaired) electrons. The molecule has 35 heavy (non-hydrogen) atoms. The molecule has 7 atom stereocenters. The number of hydrogen-bond donors (Lipinski definition) is 3. The molecule has 0 spiro atoms. The van der Waals surface area contributed by atoms with Gasteiger partial charge in [-0.15, -0.1) is 0 Å². The minimum Gasteiger partial charge on any atom is -0.392 e. The van der Waals surface area contributed by atoms with Gasteiger partial charge < -0.3 is 15.7 Å². The molecule has 1 aromatic carbocycles. The van der Waals surface area contributed by atoms with Gasteiger partial charge in [0.05, 0.1) is 11.7 Å². The van der Waals surface area contributed by atoms with E-state index in [0.29, 0.717) is 17.1 Å². The molecule has 1 unspecified atom stereocenters. The molecule has 2 amide bonds. The Morgan fingerprint density at radius 1 is 1.20 bits per heavy atom. The lowest BCUT2D eigenvalue weighted by Gasteiger charge is -2.56. The molecule has 8 heteroatoms. The van der Waals surface area contributed by atoms with Crippen LogP contribution >= 0.6 is 11.6 Å². The average molecular weight is 499 g/mol. The monoisotopic (exact) mass is 498 g/mol. The first-order valence-corrected chi connectivity index (χ1v) is 12.8. The molecule has 4 rings (SSSR count). The van der Waals surface area contributed by atoms with Crippen LogP contribution in [0.5, 0.6) is 0 Å². The zero-order valence-electron chi connectivity index (χ0n) is 20.6. The van der Waals surface area contributed by atoms with Gasteiger partial charge >= 0.3 is 0 Å². The van der Waals surface area contributed by atoms with E-state index in [9.17, 15) is 14.7 Å². The van der Waals surface area contributed by atoms with Crippen LogP contribution in [0.4, 0.5) is 0 Å². The van der Waals surface area contributed by atoms with Crippen LogP contribution in [0.25, 0.3) is 0 Å². The Morgan fingerprint density at radius 3 is 2.60 bits per heavy atom. The van der Waals surface area contributed by atoms with E-state index in [1.165, 1.54) is 18.7 Å². The van der Waals surface area contributed by atoms with Crippen molar-refractivity contribution in [3.8, 4) is 0 Å². The highest BCUT2D eigenvalue weighted by atomic mass is 35.5. The molecule has 0 bridgehead atoms. The molecule has 1 aromatic heterocycles. The van der Waals surface area contributed by atoms with E-state index in [4.69, 9.17) is 11.6 Å². The van der Waals surface area contributed by atoms with Gasteiger partial charge in [0, 0.05) is 35.9 Å². The summed E-state index contributed by atoms with van der Waals surface area (Å²) in [7, 11) is 0. The van der Waals surface area contributed by atoms with Crippen molar-refractivity contribution in [2.24, 2.45) is 29.1 Å². The molecule has 188 valence electrons. The summed E-state index contributed by atoms with van der Waals surface area (Å²) in [5.41, 5.74) is 1.29. The maximum atomic E-state index is 13.0. The highest BCUT2D eigenvalue weighted by Crippen LogP contribution is 2.55. The number of nitrogens with zero attached hydrogens (tertiary/aromatic N) is 2. The molecule has 2 saturated carbocycles. The zero-order chi connectivity index (χ0) is 25.2. The Hall–Kier alpha value is -2.51. The SMILES string of the molecule is C[C@H]1[C@@H]2[C@@H](O)C([C@H](C)C(=O)NCc3ccccc3Cl)CC[C@@]2(C)CC[C@@H]1NC(=O)c1cncnc1. The second kappa shape index (κ2) is 10.6. The number of nitrogens with one attached hydrogen (secondary N) is 2. The molecule has 2 aromatic rings. The van der Waals surface area contributed by atoms with Gasteiger partial charge in [0.2, 0.25) is 5.91 Å². The van der Waals surface area contributed by atoms with E-state index in [-0.39, 0.29) is 46.9 Å². The molecule has 2 fully saturated rings. The lowest BCUT2D eigenvalue weighted by atomic mass is 9.51. The summed E-state index contributed by atoms with van der Waals surface area (Å²) in [6.07, 6.45) is 7.34. The summed E-state index contributed by atoms with van der Waals surface area (Å²) in [6, 6.07) is 7.41. The number of carbonyl (C=O) groups excluding carboxylic acids is 2. The zero-order valence-corrected chi connectivity index (χ0v) is 21.3. The topological polar surface area (TPSA) is 104 Å². The minimum absolute atomic E-state index is 0.00820. The molecule has 3 N–H and O–H groups in total. The lowest BCUT2D eigenvalue weighted by Crippen LogP contribution is -2.58. The summed E-state index contributed by atoms with van der Waals surface area (Å²) < 4.78 is 0. The van der Waals surface area contributed by atoms with Crippen LogP contribution in [0, 0.1) is 29.1 Å². The predicted octanol–water partition coefficient (Wildman–Crippen LogP) is 4.00. The van der Waals surface area contributed by atoms with Crippen LogP contribution in [0.15, 0.2) is 43.0 Å². The summed E-state index contributed by atoms with van der Waals surface area (Å²) in [6.45, 7) is 6.63. The highest BCUT2D eigenvalue weighted by molar-refractivity contribution is 6.31. The van der Waals surface area contributed by atoms with Gasteiger partial charge in [-0.3, -0.25) is 9.59 Å². The summed E-state index contributed by atoms with van der Waals surface area (Å²) in [5.74, 6) is -0.681. The van der Waals surface area contributed by atoms with Crippen LogP contribution in [-0.2, 0) is 11.3 Å². The number of amides is 2. The van der Waals surface area contributed by atoms with Gasteiger partial charge in [0.1, 0.15) is 6.33 Å². The molecule has 2 aliphatic rings. The van der Waals surface area contributed by atoms with Gasteiger partial charge in [-0.1, -0.05) is 50.6 Å². The Balaban J connectivity index is 1.43. The molecular weight excluding hydrogens is 464 g/mol. The number of aromatic nitrogens is 2. The van der Waals surface area contributed by atoms with Crippen molar-refractivity contribution in [2.75, 3.05) is 0 Å². The lowest BCUT2D eigenvalue weighted by molar-refractivity contribution is -0.142. The van der Waals surface area contributed by atoms with E-state index < -0.39 is 6.10 Å². The first-order valence-electron chi connectivity index (χ1n) is 12.5. The fraction of sp³-hybridized carbons (Fsp3) is 0.556. The molecule has 1 heterocycles. The molecule has 7 nitrogen and oxygen atoms in total. The maximum absolute atomic E-state index is 13.0. The Morgan fingerprint density at radius 2 is 1.89 bits per heavy atom. The van der Waals surface area contributed by atoms with Gasteiger partial charge in [-0.25, -0.2) is 9.97 Å². The van der Waals surface area contributed by atoms with Gasteiger partial charge in [-0.2, -0.15) is 0 Å². The Kier molecular flexibility index (Phi) is 7.77. The summed E-state index contributed by atoms with van der Waals surface area (Å²) >= 11 is 6.23. The largest absolute Gasteiger partial charge is 0.392 e. The maximum Gasteiger partial charge on any atom is 0.254 e. The van der Waals surface area contributed by atoms with Crippen LogP contribution in [0.1, 0.15) is 62.4 Å². The average Bonchev–Trinajstić information content (AvgIpc) is 2.85. The van der Waals surface area contributed by atoms with Crippen molar-refractivity contribution in [2.45, 2.75) is 65.1 Å². The number of halogens is 1. The number of rotatable bonds is 6. The van der Waals surface area contributed by atoms with Gasteiger partial charge in [0.15, 0.2) is 0 Å². The highest BCUT2D eigenvalue weighted by Gasteiger charge is 2.53. The smallest absolute Gasteiger partial charge is 0.254 e. The predicted molar refractivity (Wildman–Crippen MR) is 134 cm³/mol. The van der Waals surface area contributed by atoms with Crippen LogP contribution in [-0.4, -0.2) is 39.0 Å². The molecular formula is C27H35ClN4O3. The van der Waals surface area contributed by atoms with Crippen LogP contribution in [0.2, 0.25) is 5.02 Å². The van der Waals surface area contributed by atoms with Crippen molar-refractivity contribution in [1.29, 1.82) is 0 Å². The van der Waals surface area contributed by atoms with E-state index in [1.807, 2.05) is 31.2 Å². The number of hydrogen-bond acceptors (Lipinski definition) is 5. The molecule has 2 aliphatic carbocycles. The summed E-state index contributed by atoms with van der Waals surface area (Å²) in [4.78, 5) is 33.6. The summed E-state index contributed by atoms with van der Waals surface area (Å²) in [5, 5.41) is 18.4. The first-order chi connectivity index (χ1) is 16.7. The molecule has 0 saturated heterocycles. The Labute approximate surface area is 212 Å². The van der Waals surface area contributed by atoms with Crippen molar-refractivity contribution in [3.05, 3.63) is 59.1 Å². The van der Waals surface area contributed by atoms with Gasteiger partial charge in [-0.05, 0) is 60.5 Å². The molecule has 0 aliphatic heterocycles. The second-order valence-corrected chi connectivity index (χ2v) is 11.0. The number of aliphatic hydroxyl groups is 1. The van der Waals surface area contributed by atoms with Crippen molar-refractivity contribution in [3.63, 3.8) is 0 Å². The van der Waals surface area contributed by atoms with Gasteiger partial charge in [0.25, 0.3) is 5.91 Å². The van der Waals surface area contributed by atoms with Crippen LogP contribution < -0.4 is 10.6 Å². The normalized spacial score (nSPS) is 31.2. The van der Waals surface area contributed by atoms with Crippen LogP contribution in [0.3, 0.4) is 0 Å². The number of carbonyl (C=O) groups is 2. The standard InChI is InChI=1S/C27H35ClN4O3/c1-16(25(34)31-14-18-6-4-5-7-21(18)28)20-8-10-27(3)11-9-22(17(2)23(27)24(20)33)32-26(35)19-12-29-15-30-13-19/h4-7,12-13,15-17,20,22-24,33H,8-11,14H2,1-3H3,(H,31,34)(H,32,35)/t16-,17+,20?,22-,23+,24-,27-/m0/s1. The first kappa shape index (κ1) is 25.6. The number of aliphatic hydroxyl groups excluding tert-OH is 1. The third kappa shape index (κ3) is 5.36. The van der Waals surface area contributed by atoms with Crippen molar-refractivity contribution in [1.82, 2.24) is 20.6 Å². The third-order valence-electron chi connectivity index (χ3n) is 8.49. The number of benzene rings is 1. The fourth-order valence-electron chi connectivity index (χ4n) is 6.35. The number of fused-ring (bicyclic) bond motifs is 1. The van der Waals surface area contributed by atoms with E-state index >= 15 is 0 Å². The Bertz CT molecular complexity index is 1050. The quantitative estimate of drug-likeness (QED) is 0.558. The van der Waals surface area contributed by atoms with E-state index in [0.717, 1.165) is 31.2 Å². The van der Waals surface area contributed by atoms with E-state index in [1.54, 1.807) is 0 Å².